The maximum atomic E-state index is 13.2. The molecule has 3 saturated heterocycles. The van der Waals surface area contributed by atoms with E-state index in [0.717, 1.165) is 97.7 Å². The van der Waals surface area contributed by atoms with Crippen molar-refractivity contribution >= 4 is 85.6 Å². The molecular formula is C76H75Cl3N18O3. The molecule has 0 N–H and O–H groups in total. The first-order valence-corrected chi connectivity index (χ1v) is 34.5. The summed E-state index contributed by atoms with van der Waals surface area (Å²) in [5.41, 5.74) is 11.8. The van der Waals surface area contributed by atoms with Crippen molar-refractivity contribution in [3.63, 3.8) is 0 Å². The summed E-state index contributed by atoms with van der Waals surface area (Å²) in [4.78, 5) is 51.7. The minimum absolute atomic E-state index is 0.00423. The number of carbonyl (C=O) groups excluding carboxylic acids is 3. The number of likely N-dealkylation sites (N-methyl/N-ethyl adjacent to an activating group) is 2. The van der Waals surface area contributed by atoms with Crippen molar-refractivity contribution in [3.8, 4) is 67.5 Å². The Kier molecular flexibility index (Phi) is 21.1. The molecule has 0 spiro atoms. The minimum atomic E-state index is -0.00423. The number of carbonyl (C=O) groups is 3. The Balaban J connectivity index is 0.000000134. The predicted octanol–water partition coefficient (Wildman–Crippen LogP) is 12.4. The van der Waals surface area contributed by atoms with Crippen LogP contribution in [0.4, 0.5) is 0 Å². The van der Waals surface area contributed by atoms with E-state index in [1.807, 2.05) is 218 Å². The van der Waals surface area contributed by atoms with Gasteiger partial charge < -0.3 is 29.4 Å². The molecule has 6 aromatic heterocycles. The average molecular weight is 1390 g/mol. The molecule has 6 aromatic carbocycles. The molecule has 3 aliphatic heterocycles. The zero-order valence-corrected chi connectivity index (χ0v) is 58.4. The van der Waals surface area contributed by atoms with Gasteiger partial charge in [-0.1, -0.05) is 223 Å². The maximum absolute atomic E-state index is 13.2. The zero-order valence-electron chi connectivity index (χ0n) is 56.1. The molecule has 1 unspecified atom stereocenters. The van der Waals surface area contributed by atoms with Gasteiger partial charge in [0, 0.05) is 104 Å². The Labute approximate surface area is 594 Å². The maximum Gasteiger partial charge on any atom is 0.244 e. The predicted molar refractivity (Wildman–Crippen MR) is 394 cm³/mol. The number of benzene rings is 6. The van der Waals surface area contributed by atoms with Crippen LogP contribution in [0, 0.1) is 0 Å². The fraction of sp³-hybridized carbons (Fsp3) is 0.263. The topological polar surface area (TPSA) is 201 Å². The lowest BCUT2D eigenvalue weighted by Crippen LogP contribution is -2.48. The van der Waals surface area contributed by atoms with Gasteiger partial charge in [0.05, 0.1) is 31.2 Å². The molecule has 24 heteroatoms. The molecule has 0 radical (unpaired) electrons. The molecule has 3 aliphatic rings. The van der Waals surface area contributed by atoms with Crippen molar-refractivity contribution in [1.82, 2.24) is 89.3 Å². The third kappa shape index (κ3) is 14.9. The number of hydrogen-bond donors (Lipinski definition) is 0. The summed E-state index contributed by atoms with van der Waals surface area (Å²) in [5.74, 6) is 0.0447. The highest BCUT2D eigenvalue weighted by atomic mass is 35.5. The number of hydrogen-bond acceptors (Lipinski definition) is 15. The molecule has 100 heavy (non-hydrogen) atoms. The van der Waals surface area contributed by atoms with Crippen LogP contribution in [0.3, 0.4) is 0 Å². The summed E-state index contributed by atoms with van der Waals surface area (Å²) in [6.45, 7) is 13.9. The Morgan fingerprint density at radius 1 is 0.400 bits per heavy atom. The number of piperazine rings is 1. The van der Waals surface area contributed by atoms with Gasteiger partial charge in [0.2, 0.25) is 17.7 Å². The smallest absolute Gasteiger partial charge is 0.244 e. The Bertz CT molecular complexity index is 4880. The van der Waals surface area contributed by atoms with E-state index in [0.29, 0.717) is 108 Å². The zero-order chi connectivity index (χ0) is 69.4. The van der Waals surface area contributed by atoms with Crippen LogP contribution in [-0.4, -0.2) is 200 Å². The van der Waals surface area contributed by atoms with Crippen molar-refractivity contribution < 1.29 is 14.4 Å². The van der Waals surface area contributed by atoms with E-state index in [-0.39, 0.29) is 37.4 Å². The lowest BCUT2D eigenvalue weighted by Gasteiger charge is -2.36. The lowest BCUT2D eigenvalue weighted by molar-refractivity contribution is -0.133. The van der Waals surface area contributed by atoms with Crippen LogP contribution < -0.4 is 0 Å². The van der Waals surface area contributed by atoms with Gasteiger partial charge in [-0.25, -0.2) is 14.0 Å². The minimum Gasteiger partial charge on any atom is -0.372 e. The van der Waals surface area contributed by atoms with Gasteiger partial charge in [0.15, 0.2) is 16.9 Å². The monoisotopic (exact) mass is 1390 g/mol. The molecule has 12 aromatic rings. The van der Waals surface area contributed by atoms with Crippen molar-refractivity contribution in [2.45, 2.75) is 45.4 Å². The van der Waals surface area contributed by atoms with Crippen LogP contribution in [0.5, 0.6) is 0 Å². The van der Waals surface area contributed by atoms with Gasteiger partial charge in [-0.3, -0.25) is 14.4 Å². The van der Waals surface area contributed by atoms with Crippen LogP contribution in [0.25, 0.3) is 101 Å². The fourth-order valence-corrected chi connectivity index (χ4v) is 13.8. The van der Waals surface area contributed by atoms with Crippen LogP contribution in [0.2, 0.25) is 15.1 Å². The van der Waals surface area contributed by atoms with Crippen molar-refractivity contribution in [2.75, 3.05) is 86.6 Å². The fourth-order valence-electron chi connectivity index (χ4n) is 12.8. The normalized spacial score (nSPS) is 15.0. The average Bonchev–Trinajstić information content (AvgIpc) is 1.61. The third-order valence-corrected chi connectivity index (χ3v) is 19.5. The number of rotatable bonds is 14. The van der Waals surface area contributed by atoms with Crippen LogP contribution >= 0.6 is 34.8 Å². The molecule has 15 rings (SSSR count). The molecule has 0 aliphatic carbocycles. The Morgan fingerprint density at radius 2 is 0.700 bits per heavy atom. The molecular weight excluding hydrogens is 1320 g/mol. The summed E-state index contributed by atoms with van der Waals surface area (Å²) in [6.07, 6.45) is 1.93. The molecule has 0 bridgehead atoms. The van der Waals surface area contributed by atoms with E-state index in [1.54, 1.807) is 14.0 Å². The molecule has 3 fully saturated rings. The number of likely N-dealkylation sites (tertiary alicyclic amines) is 1. The highest BCUT2D eigenvalue weighted by Crippen LogP contribution is 2.41. The number of fused-ring (bicyclic) bond motifs is 3. The second kappa shape index (κ2) is 30.9. The summed E-state index contributed by atoms with van der Waals surface area (Å²) >= 11 is 20.7. The van der Waals surface area contributed by atoms with Crippen LogP contribution in [0.1, 0.15) is 19.8 Å². The van der Waals surface area contributed by atoms with E-state index in [9.17, 15) is 14.4 Å². The van der Waals surface area contributed by atoms with Crippen LogP contribution in [0.15, 0.2) is 194 Å². The largest absolute Gasteiger partial charge is 0.372 e. The highest BCUT2D eigenvalue weighted by molar-refractivity contribution is 6.40. The Morgan fingerprint density at radius 3 is 1.02 bits per heavy atom. The van der Waals surface area contributed by atoms with Gasteiger partial charge in [-0.2, -0.15) is 15.3 Å². The second-order valence-corrected chi connectivity index (χ2v) is 26.4. The first-order valence-electron chi connectivity index (χ1n) is 33.4. The molecule has 21 nitrogen and oxygen atoms in total. The summed E-state index contributed by atoms with van der Waals surface area (Å²) in [7, 11) is 6.18. The molecule has 1 atom stereocenters. The second-order valence-electron chi connectivity index (χ2n) is 25.3. The van der Waals surface area contributed by atoms with Gasteiger partial charge in [0.25, 0.3) is 0 Å². The molecule has 9 heterocycles. The molecule has 3 amide bonds. The van der Waals surface area contributed by atoms with E-state index in [4.69, 9.17) is 50.1 Å². The van der Waals surface area contributed by atoms with E-state index < -0.39 is 0 Å². The standard InChI is InChI=1S/C26H25ClN6O.2C25H25ClN6O/c1-18(2)31-13-15-32(16-14-31)21(34)17-33-26-22(24(30-33)19-9-5-3-6-10-19)23(27)25(28-29-26)20-11-7-4-8-12-20;1-30(2)19-13-14-31(15-19)20(33)16-32-25-21(23(29-32)17-9-5-3-6-10-17)22(26)24(27-28-25)18-11-7-4-8-12-18;1-30-13-8-14-31(16-15-30)20(33)17-32-25-21(23(29-32)18-9-4-2-5-10-18)22(26)24(27-28-25)19-11-6-3-7-12-19/h3-12H,1,13-17H2,2H3;3-12,19H,13-16H2,1-2H3;2-7,9-12H,8,13-17H2,1H3. The summed E-state index contributed by atoms with van der Waals surface area (Å²) < 4.78 is 4.90. The first-order chi connectivity index (χ1) is 48.7. The SMILES string of the molecule is C=C(C)N1CCN(C(=O)Cn2nc(-c3ccccc3)c3c(Cl)c(-c4ccccc4)nnc32)CC1.CN(C)C1CCN(C(=O)Cn2nc(-c3ccccc3)c3c(Cl)c(-c4ccccc4)nnc32)C1.CN1CCCN(C(=O)Cn2nc(-c3ccccc3)c3c(Cl)c(-c4ccccc4)nnc32)CC1. The first kappa shape index (κ1) is 68.2. The van der Waals surface area contributed by atoms with Gasteiger partial charge in [0.1, 0.15) is 53.8 Å². The van der Waals surface area contributed by atoms with Crippen LogP contribution in [-0.2, 0) is 34.0 Å². The van der Waals surface area contributed by atoms with Crippen molar-refractivity contribution in [1.29, 1.82) is 0 Å². The van der Waals surface area contributed by atoms with Crippen molar-refractivity contribution in [2.24, 2.45) is 0 Å². The number of aromatic nitrogens is 12. The Hall–Kier alpha value is -10.3. The van der Waals surface area contributed by atoms with E-state index in [2.05, 4.69) is 58.9 Å². The number of amides is 3. The summed E-state index contributed by atoms with van der Waals surface area (Å²) in [6, 6.07) is 59.0. The number of allylic oxidation sites excluding steroid dienone is 1. The number of nitrogens with zero attached hydrogens (tertiary/aromatic N) is 18. The van der Waals surface area contributed by atoms with Gasteiger partial charge in [-0.05, 0) is 47.5 Å². The van der Waals surface area contributed by atoms with Gasteiger partial charge >= 0.3 is 0 Å². The summed E-state index contributed by atoms with van der Waals surface area (Å²) in [5, 5.41) is 44.6. The van der Waals surface area contributed by atoms with E-state index in [1.165, 1.54) is 0 Å². The third-order valence-electron chi connectivity index (χ3n) is 18.4. The molecule has 0 saturated carbocycles. The highest BCUT2D eigenvalue weighted by Gasteiger charge is 2.31. The quantitative estimate of drug-likeness (QED) is 0.0994. The van der Waals surface area contributed by atoms with Gasteiger partial charge in [-0.15, -0.1) is 30.6 Å². The molecule has 508 valence electrons. The lowest BCUT2D eigenvalue weighted by atomic mass is 10.1. The van der Waals surface area contributed by atoms with Crippen molar-refractivity contribution in [3.05, 3.63) is 209 Å². The van der Waals surface area contributed by atoms with E-state index >= 15 is 0 Å². The number of halogens is 3.